The van der Waals surface area contributed by atoms with Gasteiger partial charge in [0.25, 0.3) is 0 Å². The van der Waals surface area contributed by atoms with Crippen molar-refractivity contribution in [3.63, 3.8) is 0 Å². The molecule has 2 rings (SSSR count). The van der Waals surface area contributed by atoms with Gasteiger partial charge in [-0.15, -0.1) is 0 Å². The summed E-state index contributed by atoms with van der Waals surface area (Å²) in [6.45, 7) is 24.6. The van der Waals surface area contributed by atoms with Gasteiger partial charge in [0.2, 0.25) is 5.91 Å². The number of amides is 1. The summed E-state index contributed by atoms with van der Waals surface area (Å²) in [4.78, 5) is 29.5. The van der Waals surface area contributed by atoms with Crippen molar-refractivity contribution in [1.82, 2.24) is 4.90 Å². The molecule has 1 aliphatic rings. The summed E-state index contributed by atoms with van der Waals surface area (Å²) in [5, 5.41) is 9.48. The Bertz CT molecular complexity index is 1150. The highest BCUT2D eigenvalue weighted by Crippen LogP contribution is 2.53. The van der Waals surface area contributed by atoms with Gasteiger partial charge in [-0.2, -0.15) is 0 Å². The molecule has 0 bridgehead atoms. The molecule has 40 heavy (non-hydrogen) atoms. The minimum absolute atomic E-state index is 0.154. The average molecular weight is 570 g/mol. The number of furan rings is 1. The number of carboxylic acids is 1. The molecule has 1 amide bonds. The molecule has 1 heterocycles. The van der Waals surface area contributed by atoms with E-state index in [1.165, 1.54) is 17.3 Å². The zero-order valence-electron chi connectivity index (χ0n) is 26.5. The van der Waals surface area contributed by atoms with Gasteiger partial charge in [-0.25, -0.2) is 4.79 Å². The van der Waals surface area contributed by atoms with E-state index in [0.717, 1.165) is 70.1 Å². The topological polar surface area (TPSA) is 70.8 Å². The van der Waals surface area contributed by atoms with Gasteiger partial charge in [0.1, 0.15) is 11.5 Å². The largest absolute Gasteiger partial charge is 0.478 e. The van der Waals surface area contributed by atoms with Crippen molar-refractivity contribution in [2.75, 3.05) is 13.1 Å². The molecule has 0 spiro atoms. The minimum atomic E-state index is -0.916. The smallest absolute Gasteiger partial charge is 0.332 e. The van der Waals surface area contributed by atoms with Gasteiger partial charge in [0.15, 0.2) is 0 Å². The summed E-state index contributed by atoms with van der Waals surface area (Å²) in [6, 6.07) is 2.08. The van der Waals surface area contributed by atoms with Crippen molar-refractivity contribution in [2.45, 2.75) is 101 Å². The second kappa shape index (κ2) is 16.5. The van der Waals surface area contributed by atoms with Crippen molar-refractivity contribution in [1.29, 1.82) is 0 Å². The van der Waals surface area contributed by atoms with E-state index in [2.05, 4.69) is 39.5 Å². The second-order valence-corrected chi connectivity index (χ2v) is 11.8. The summed E-state index contributed by atoms with van der Waals surface area (Å²) >= 11 is 1.48. The number of aliphatic carboxylic acids is 1. The Morgan fingerprint density at radius 3 is 2.23 bits per heavy atom. The van der Waals surface area contributed by atoms with Crippen LogP contribution in [0.2, 0.25) is 0 Å². The van der Waals surface area contributed by atoms with Crippen LogP contribution in [-0.2, 0) is 16.0 Å². The Morgan fingerprint density at radius 1 is 1.12 bits per heavy atom. The van der Waals surface area contributed by atoms with Gasteiger partial charge in [0, 0.05) is 23.4 Å². The number of aryl methyl sites for hydroxylation is 3. The predicted octanol–water partition coefficient (Wildman–Crippen LogP) is 9.34. The summed E-state index contributed by atoms with van der Waals surface area (Å²) in [6.07, 6.45) is 9.97. The van der Waals surface area contributed by atoms with Crippen molar-refractivity contribution >= 4 is 23.6 Å². The van der Waals surface area contributed by atoms with Crippen molar-refractivity contribution in [2.24, 2.45) is 5.41 Å². The maximum absolute atomic E-state index is 14.1. The first-order valence-electron chi connectivity index (χ1n) is 14.5. The number of hydrogen-bond acceptors (Lipinski definition) is 4. The lowest BCUT2D eigenvalue weighted by Gasteiger charge is -2.30. The van der Waals surface area contributed by atoms with Crippen LogP contribution in [0.5, 0.6) is 0 Å². The van der Waals surface area contributed by atoms with E-state index in [1.54, 1.807) is 6.92 Å². The fourth-order valence-electron chi connectivity index (χ4n) is 4.19. The Morgan fingerprint density at radius 2 is 1.75 bits per heavy atom. The van der Waals surface area contributed by atoms with Gasteiger partial charge >= 0.3 is 5.97 Å². The number of thioether (sulfide) groups is 1. The molecule has 1 fully saturated rings. The standard InChI is InChI=1S/C32H45NO4S.C2H6/c1-10-21(3)14-15-24(6)32(16-17-32)31(36)33(18-12-13-28-19-23(5)26(8)37-28)20-29(22(4)11-2)38-27(9)25(7)30(34)35;1-2/h10,14-15,19H,1,11-13,16-18,20H2,2-9H3,(H,34,35);1-2H3/b21-14-,24-15+,27-25+,29-22?;. The monoisotopic (exact) mass is 569 g/mol. The molecule has 6 heteroatoms. The molecule has 1 aromatic heterocycles. The van der Waals surface area contributed by atoms with Crippen molar-refractivity contribution in [3.05, 3.63) is 80.1 Å². The third-order valence-electron chi connectivity index (χ3n) is 7.65. The molecule has 1 saturated carbocycles. The molecule has 5 nitrogen and oxygen atoms in total. The zero-order valence-corrected chi connectivity index (χ0v) is 27.3. The summed E-state index contributed by atoms with van der Waals surface area (Å²) < 4.78 is 5.88. The summed E-state index contributed by atoms with van der Waals surface area (Å²) in [5.41, 5.74) is 4.32. The molecular formula is C34H51NO4S. The molecule has 0 unspecified atom stereocenters. The van der Waals surface area contributed by atoms with E-state index >= 15 is 0 Å². The van der Waals surface area contributed by atoms with Crippen LogP contribution in [-0.4, -0.2) is 35.0 Å². The van der Waals surface area contributed by atoms with Crippen LogP contribution in [0.1, 0.15) is 98.2 Å². The van der Waals surface area contributed by atoms with Gasteiger partial charge in [0.05, 0.1) is 12.0 Å². The number of nitrogens with zero attached hydrogens (tertiary/aromatic N) is 1. The maximum atomic E-state index is 14.1. The lowest BCUT2D eigenvalue weighted by molar-refractivity contribution is -0.135. The SMILES string of the molecule is C=C/C(C)=C\C=C(/C)C1(C(=O)N(CCCc2cc(C)c(C)o2)CC(S/C(C)=C(\C)C(=O)O)=C(C)CC)CC1.CC. The van der Waals surface area contributed by atoms with Gasteiger partial charge in [-0.1, -0.05) is 74.1 Å². The quantitative estimate of drug-likeness (QED) is 0.178. The number of carbonyl (C=O) groups excluding carboxylic acids is 1. The van der Waals surface area contributed by atoms with E-state index in [4.69, 9.17) is 4.42 Å². The fraction of sp³-hybridized carbons (Fsp3) is 0.529. The number of rotatable bonds is 14. The number of allylic oxidation sites excluding steroid dienone is 6. The first kappa shape index (κ1) is 35.3. The third-order valence-corrected chi connectivity index (χ3v) is 8.99. The first-order chi connectivity index (χ1) is 18.9. The molecule has 0 atom stereocenters. The lowest BCUT2D eigenvalue weighted by Crippen LogP contribution is -2.40. The van der Waals surface area contributed by atoms with E-state index in [1.807, 2.05) is 58.6 Å². The Hall–Kier alpha value is -2.73. The van der Waals surface area contributed by atoms with Crippen LogP contribution in [0.4, 0.5) is 0 Å². The maximum Gasteiger partial charge on any atom is 0.332 e. The zero-order chi connectivity index (χ0) is 30.6. The van der Waals surface area contributed by atoms with E-state index in [0.29, 0.717) is 18.7 Å². The molecular weight excluding hydrogens is 518 g/mol. The second-order valence-electron chi connectivity index (χ2n) is 10.5. The predicted molar refractivity (Wildman–Crippen MR) is 170 cm³/mol. The van der Waals surface area contributed by atoms with Crippen LogP contribution in [0.3, 0.4) is 0 Å². The number of carboxylic acid groups (broad SMARTS) is 1. The Kier molecular flexibility index (Phi) is 14.6. The van der Waals surface area contributed by atoms with Crippen molar-refractivity contribution in [3.8, 4) is 0 Å². The van der Waals surface area contributed by atoms with Crippen LogP contribution in [0, 0.1) is 19.3 Å². The summed E-state index contributed by atoms with van der Waals surface area (Å²) in [5.74, 6) is 1.12. The van der Waals surface area contributed by atoms with Gasteiger partial charge in [-0.3, -0.25) is 4.79 Å². The highest BCUT2D eigenvalue weighted by Gasteiger charge is 2.52. The lowest BCUT2D eigenvalue weighted by atomic mass is 9.94. The van der Waals surface area contributed by atoms with Crippen LogP contribution >= 0.6 is 11.8 Å². The Balaban J connectivity index is 0.00000391. The van der Waals surface area contributed by atoms with Crippen molar-refractivity contribution < 1.29 is 19.1 Å². The molecule has 1 N–H and O–H groups in total. The molecule has 0 radical (unpaired) electrons. The van der Waals surface area contributed by atoms with E-state index in [-0.39, 0.29) is 5.91 Å². The molecule has 1 aromatic rings. The first-order valence-corrected chi connectivity index (χ1v) is 15.3. The van der Waals surface area contributed by atoms with Crippen LogP contribution in [0.15, 0.2) is 67.4 Å². The van der Waals surface area contributed by atoms with Gasteiger partial charge < -0.3 is 14.4 Å². The van der Waals surface area contributed by atoms with Gasteiger partial charge in [-0.05, 0) is 90.7 Å². The minimum Gasteiger partial charge on any atom is -0.478 e. The third kappa shape index (κ3) is 9.72. The molecule has 0 aromatic carbocycles. The number of carbonyl (C=O) groups is 2. The molecule has 0 aliphatic heterocycles. The molecule has 222 valence electrons. The Labute approximate surface area is 247 Å². The molecule has 1 aliphatic carbocycles. The fourth-order valence-corrected chi connectivity index (χ4v) is 5.34. The summed E-state index contributed by atoms with van der Waals surface area (Å²) in [7, 11) is 0. The molecule has 0 saturated heterocycles. The average Bonchev–Trinajstić information content (AvgIpc) is 3.69. The van der Waals surface area contributed by atoms with Crippen LogP contribution in [0.25, 0.3) is 0 Å². The normalized spacial score (nSPS) is 15.8. The number of hydrogen-bond donors (Lipinski definition) is 1. The van der Waals surface area contributed by atoms with E-state index < -0.39 is 11.4 Å². The highest BCUT2D eigenvalue weighted by molar-refractivity contribution is 8.06. The van der Waals surface area contributed by atoms with Crippen LogP contribution < -0.4 is 0 Å². The van der Waals surface area contributed by atoms with E-state index in [9.17, 15) is 14.7 Å². The highest BCUT2D eigenvalue weighted by atomic mass is 32.2.